The summed E-state index contributed by atoms with van der Waals surface area (Å²) < 4.78 is 12.0. The Morgan fingerprint density at radius 3 is 2.64 bits per heavy atom. The fraction of sp³-hybridized carbons (Fsp3) is 0.500. The van der Waals surface area contributed by atoms with Crippen molar-refractivity contribution in [2.45, 2.75) is 12.5 Å². The van der Waals surface area contributed by atoms with Gasteiger partial charge in [-0.05, 0) is 6.42 Å². The summed E-state index contributed by atoms with van der Waals surface area (Å²) in [5, 5.41) is 11.1. The minimum atomic E-state index is -1.17. The fourth-order valence-corrected chi connectivity index (χ4v) is 1.28. The van der Waals surface area contributed by atoms with E-state index in [1.807, 2.05) is 0 Å². The number of carboxylic acid groups (broad SMARTS) is 1. The largest absolute Gasteiger partial charge is 0.479 e. The molecule has 0 spiro atoms. The summed E-state index contributed by atoms with van der Waals surface area (Å²) in [6.07, 6.45) is 1.79. The van der Waals surface area contributed by atoms with Gasteiger partial charge < -0.3 is 10.4 Å². The molecule has 6 heteroatoms. The lowest BCUT2D eigenvalue weighted by Crippen LogP contribution is -2.34. The summed E-state index contributed by atoms with van der Waals surface area (Å²) in [5.74, 6) is -1.17. The van der Waals surface area contributed by atoms with E-state index in [4.69, 9.17) is 5.11 Å². The van der Waals surface area contributed by atoms with E-state index in [9.17, 15) is 14.0 Å². The van der Waals surface area contributed by atoms with E-state index in [1.165, 1.54) is 6.08 Å². The van der Waals surface area contributed by atoms with E-state index in [0.717, 1.165) is 0 Å². The van der Waals surface area contributed by atoms with Crippen LogP contribution in [0.25, 0.3) is 0 Å². The van der Waals surface area contributed by atoms with Crippen LogP contribution in [0, 0.1) is 0 Å². The molecule has 0 saturated heterocycles. The lowest BCUT2D eigenvalue weighted by Gasteiger charge is -2.08. The molecule has 0 rings (SSSR count). The second-order valence-electron chi connectivity index (χ2n) is 2.50. The standard InChI is InChI=1S/C8H11BrFNO3/c9-4-6(1-2-10)3-7(8(13)14)11-5-12/h3,5,7H,1-2,4H2,(H,11,12)(H,13,14)/b6-3-. The summed E-state index contributed by atoms with van der Waals surface area (Å²) in [7, 11) is 0. The Balaban J connectivity index is 4.48. The number of hydrogen-bond donors (Lipinski definition) is 2. The van der Waals surface area contributed by atoms with Gasteiger partial charge in [0, 0.05) is 5.33 Å². The predicted octanol–water partition coefficient (Wildman–Crippen LogP) is 0.866. The van der Waals surface area contributed by atoms with Gasteiger partial charge in [0.05, 0.1) is 6.67 Å². The normalized spacial score (nSPS) is 13.4. The van der Waals surface area contributed by atoms with Crippen LogP contribution in [0.15, 0.2) is 11.6 Å². The van der Waals surface area contributed by atoms with Crippen LogP contribution in [0.2, 0.25) is 0 Å². The molecule has 1 atom stereocenters. The molecule has 0 aromatic carbocycles. The Hall–Kier alpha value is -0.910. The highest BCUT2D eigenvalue weighted by molar-refractivity contribution is 9.09. The van der Waals surface area contributed by atoms with Crippen molar-refractivity contribution in [2.24, 2.45) is 0 Å². The highest BCUT2D eigenvalue weighted by atomic mass is 79.9. The molecule has 1 unspecified atom stereocenters. The molecule has 1 amide bonds. The first-order valence-corrected chi connectivity index (χ1v) is 5.01. The molecule has 0 aliphatic heterocycles. The van der Waals surface area contributed by atoms with Crippen molar-refractivity contribution in [3.63, 3.8) is 0 Å². The number of rotatable bonds is 7. The number of hydrogen-bond acceptors (Lipinski definition) is 2. The molecule has 0 radical (unpaired) electrons. The third-order valence-electron chi connectivity index (χ3n) is 1.50. The Morgan fingerprint density at radius 2 is 2.29 bits per heavy atom. The molecule has 2 N–H and O–H groups in total. The quantitative estimate of drug-likeness (QED) is 0.409. The van der Waals surface area contributed by atoms with Crippen molar-refractivity contribution >= 4 is 28.3 Å². The molecule has 14 heavy (non-hydrogen) atoms. The van der Waals surface area contributed by atoms with Crippen molar-refractivity contribution in [3.8, 4) is 0 Å². The van der Waals surface area contributed by atoms with Crippen LogP contribution in [-0.2, 0) is 9.59 Å². The molecule has 0 heterocycles. The van der Waals surface area contributed by atoms with Gasteiger partial charge in [0.25, 0.3) is 0 Å². The number of carboxylic acids is 1. The van der Waals surface area contributed by atoms with Gasteiger partial charge in [0.1, 0.15) is 6.04 Å². The Kier molecular flexibility index (Phi) is 7.00. The second-order valence-corrected chi connectivity index (χ2v) is 3.06. The van der Waals surface area contributed by atoms with Gasteiger partial charge in [-0.25, -0.2) is 4.79 Å². The molecule has 0 aromatic rings. The monoisotopic (exact) mass is 267 g/mol. The molecule has 0 saturated carbocycles. The topological polar surface area (TPSA) is 66.4 Å². The summed E-state index contributed by atoms with van der Waals surface area (Å²) in [5.41, 5.74) is 0.606. The maximum absolute atomic E-state index is 12.0. The number of halogens is 2. The number of allylic oxidation sites excluding steroid dienone is 1. The summed E-state index contributed by atoms with van der Waals surface area (Å²) in [4.78, 5) is 20.6. The Bertz CT molecular complexity index is 233. The molecule has 80 valence electrons. The van der Waals surface area contributed by atoms with Gasteiger partial charge in [-0.1, -0.05) is 27.6 Å². The van der Waals surface area contributed by atoms with Crippen molar-refractivity contribution in [1.82, 2.24) is 5.32 Å². The first kappa shape index (κ1) is 13.1. The number of alkyl halides is 2. The zero-order valence-electron chi connectivity index (χ0n) is 7.37. The highest BCUT2D eigenvalue weighted by Crippen LogP contribution is 2.07. The van der Waals surface area contributed by atoms with Crippen LogP contribution in [0.5, 0.6) is 0 Å². The van der Waals surface area contributed by atoms with E-state index >= 15 is 0 Å². The SMILES string of the molecule is O=CNC(/C=C(\CBr)CCF)C(=O)O. The minimum Gasteiger partial charge on any atom is -0.479 e. The Labute approximate surface area is 89.3 Å². The maximum atomic E-state index is 12.0. The van der Waals surface area contributed by atoms with E-state index in [-0.39, 0.29) is 6.42 Å². The number of carbonyl (C=O) groups excluding carboxylic acids is 1. The summed E-state index contributed by atoms with van der Waals surface area (Å²) >= 11 is 3.10. The van der Waals surface area contributed by atoms with Crippen molar-refractivity contribution in [3.05, 3.63) is 11.6 Å². The van der Waals surface area contributed by atoms with Crippen molar-refractivity contribution < 1.29 is 19.1 Å². The average molecular weight is 268 g/mol. The number of aliphatic carboxylic acids is 1. The number of amides is 1. The van der Waals surface area contributed by atoms with Crippen LogP contribution in [-0.4, -0.2) is 35.5 Å². The lowest BCUT2D eigenvalue weighted by atomic mass is 10.1. The molecule has 0 aliphatic rings. The average Bonchev–Trinajstić information content (AvgIpc) is 2.15. The smallest absolute Gasteiger partial charge is 0.330 e. The van der Waals surface area contributed by atoms with Gasteiger partial charge in [-0.3, -0.25) is 9.18 Å². The predicted molar refractivity (Wildman–Crippen MR) is 53.1 cm³/mol. The third kappa shape index (κ3) is 4.96. The maximum Gasteiger partial charge on any atom is 0.330 e. The van der Waals surface area contributed by atoms with E-state index in [0.29, 0.717) is 17.3 Å². The Morgan fingerprint density at radius 1 is 1.64 bits per heavy atom. The summed E-state index contributed by atoms with van der Waals surface area (Å²) in [6, 6.07) is -1.09. The first-order chi connectivity index (χ1) is 6.65. The minimum absolute atomic E-state index is 0.162. The highest BCUT2D eigenvalue weighted by Gasteiger charge is 2.13. The van der Waals surface area contributed by atoms with Gasteiger partial charge in [0.15, 0.2) is 0 Å². The molecule has 0 fully saturated rings. The lowest BCUT2D eigenvalue weighted by molar-refractivity contribution is -0.139. The third-order valence-corrected chi connectivity index (χ3v) is 2.22. The number of carbonyl (C=O) groups is 2. The van der Waals surface area contributed by atoms with Crippen LogP contribution < -0.4 is 5.32 Å². The zero-order chi connectivity index (χ0) is 11.0. The van der Waals surface area contributed by atoms with Gasteiger partial charge in [-0.15, -0.1) is 0 Å². The van der Waals surface area contributed by atoms with Gasteiger partial charge in [0.2, 0.25) is 6.41 Å². The molecule has 4 nitrogen and oxygen atoms in total. The van der Waals surface area contributed by atoms with E-state index in [1.54, 1.807) is 0 Å². The van der Waals surface area contributed by atoms with E-state index < -0.39 is 18.7 Å². The van der Waals surface area contributed by atoms with Crippen LogP contribution in [0.3, 0.4) is 0 Å². The van der Waals surface area contributed by atoms with Gasteiger partial charge in [-0.2, -0.15) is 0 Å². The summed E-state index contributed by atoms with van der Waals surface area (Å²) in [6.45, 7) is -0.551. The van der Waals surface area contributed by atoms with Crippen molar-refractivity contribution in [1.29, 1.82) is 0 Å². The molecular formula is C8H11BrFNO3. The van der Waals surface area contributed by atoms with Crippen molar-refractivity contribution in [2.75, 3.05) is 12.0 Å². The molecule has 0 aliphatic carbocycles. The van der Waals surface area contributed by atoms with Crippen LogP contribution in [0.4, 0.5) is 4.39 Å². The number of nitrogens with one attached hydrogen (secondary N) is 1. The van der Waals surface area contributed by atoms with Gasteiger partial charge >= 0.3 is 5.97 Å². The fourth-order valence-electron chi connectivity index (χ4n) is 0.816. The molecular weight excluding hydrogens is 257 g/mol. The second kappa shape index (κ2) is 7.49. The van der Waals surface area contributed by atoms with Crippen LogP contribution in [0.1, 0.15) is 6.42 Å². The first-order valence-electron chi connectivity index (χ1n) is 3.89. The zero-order valence-corrected chi connectivity index (χ0v) is 8.96. The van der Waals surface area contributed by atoms with Crippen LogP contribution >= 0.6 is 15.9 Å². The van der Waals surface area contributed by atoms with E-state index in [2.05, 4.69) is 21.2 Å². The molecule has 0 bridgehead atoms. The molecule has 0 aromatic heterocycles.